The Kier molecular flexibility index (Phi) is 6.09. The number of nitrogens with zero attached hydrogens (tertiary/aromatic N) is 1. The van der Waals surface area contributed by atoms with Crippen molar-refractivity contribution >= 4 is 5.91 Å². The van der Waals surface area contributed by atoms with E-state index in [-0.39, 0.29) is 6.79 Å². The van der Waals surface area contributed by atoms with E-state index in [0.717, 1.165) is 71.0 Å². The molecule has 3 heterocycles. The molecule has 3 aromatic rings. The maximum absolute atomic E-state index is 12.7. The fourth-order valence-electron chi connectivity index (χ4n) is 4.85. The van der Waals surface area contributed by atoms with Crippen LogP contribution < -0.4 is 24.7 Å². The number of nitrogens with two attached hydrogens (primary N) is 1. The van der Waals surface area contributed by atoms with Crippen molar-refractivity contribution in [2.24, 2.45) is 5.73 Å². The summed E-state index contributed by atoms with van der Waals surface area (Å²) in [5.41, 5.74) is 11.4. The largest absolute Gasteiger partial charge is 0.486 e. The molecule has 5 rings (SSSR count). The Morgan fingerprint density at radius 3 is 2.44 bits per heavy atom. The first-order chi connectivity index (χ1) is 16.6. The molecule has 0 atom stereocenters. The maximum Gasteiger partial charge on any atom is 0.251 e. The van der Waals surface area contributed by atoms with Gasteiger partial charge in [0.25, 0.3) is 5.91 Å². The van der Waals surface area contributed by atoms with E-state index in [4.69, 9.17) is 24.7 Å². The SMILES string of the molecule is CCCCCc1c(-c2ccc3c(c2)OCCO3)c(C(N)=O)c(C)n1Cc1ccc2c(c1)OCO2. The van der Waals surface area contributed by atoms with Gasteiger partial charge in [0.05, 0.1) is 5.56 Å². The lowest BCUT2D eigenvalue weighted by Gasteiger charge is -2.19. The van der Waals surface area contributed by atoms with Gasteiger partial charge >= 0.3 is 0 Å². The van der Waals surface area contributed by atoms with Gasteiger partial charge in [-0.3, -0.25) is 4.79 Å². The summed E-state index contributed by atoms with van der Waals surface area (Å²) in [5.74, 6) is 2.49. The Morgan fingerprint density at radius 2 is 1.65 bits per heavy atom. The van der Waals surface area contributed by atoms with Gasteiger partial charge in [0.2, 0.25) is 6.79 Å². The lowest BCUT2D eigenvalue weighted by atomic mass is 9.97. The Labute approximate surface area is 199 Å². The van der Waals surface area contributed by atoms with Crippen molar-refractivity contribution in [3.8, 4) is 34.1 Å². The van der Waals surface area contributed by atoms with Crippen molar-refractivity contribution in [3.63, 3.8) is 0 Å². The van der Waals surface area contributed by atoms with E-state index < -0.39 is 5.91 Å². The van der Waals surface area contributed by atoms with Gasteiger partial charge in [-0.15, -0.1) is 0 Å². The van der Waals surface area contributed by atoms with Crippen LogP contribution in [0.25, 0.3) is 11.1 Å². The standard InChI is InChI=1S/C27H30N2O5/c1-3-4-5-6-20-26(19-8-10-21-24(14-19)32-12-11-31-21)25(27(28)30)17(2)29(20)15-18-7-9-22-23(13-18)34-16-33-22/h7-10,13-14H,3-6,11-12,15-16H2,1-2H3,(H2,28,30). The van der Waals surface area contributed by atoms with Gasteiger partial charge in [0.1, 0.15) is 13.2 Å². The summed E-state index contributed by atoms with van der Waals surface area (Å²) in [4.78, 5) is 12.7. The average molecular weight is 463 g/mol. The van der Waals surface area contributed by atoms with E-state index in [1.54, 1.807) is 0 Å². The minimum Gasteiger partial charge on any atom is -0.486 e. The number of rotatable bonds is 8. The number of amides is 1. The molecule has 1 aromatic heterocycles. The molecule has 2 aromatic carbocycles. The van der Waals surface area contributed by atoms with Crippen LogP contribution in [0.5, 0.6) is 23.0 Å². The third kappa shape index (κ3) is 4.06. The predicted octanol–water partition coefficient (Wildman–Crippen LogP) is 4.84. The summed E-state index contributed by atoms with van der Waals surface area (Å²) in [6.45, 7) is 6.04. The summed E-state index contributed by atoms with van der Waals surface area (Å²) >= 11 is 0. The highest BCUT2D eigenvalue weighted by atomic mass is 16.7. The highest BCUT2D eigenvalue weighted by molar-refractivity contribution is 6.02. The summed E-state index contributed by atoms with van der Waals surface area (Å²) < 4.78 is 24.8. The van der Waals surface area contributed by atoms with Crippen LogP contribution >= 0.6 is 0 Å². The van der Waals surface area contributed by atoms with Crippen LogP contribution in [0, 0.1) is 6.92 Å². The maximum atomic E-state index is 12.7. The highest BCUT2D eigenvalue weighted by Crippen LogP contribution is 2.40. The first-order valence-corrected chi connectivity index (χ1v) is 11.9. The van der Waals surface area contributed by atoms with Gasteiger partial charge in [-0.2, -0.15) is 0 Å². The van der Waals surface area contributed by atoms with Crippen LogP contribution in [0.2, 0.25) is 0 Å². The van der Waals surface area contributed by atoms with Crippen LogP contribution in [0.15, 0.2) is 36.4 Å². The third-order valence-corrected chi connectivity index (χ3v) is 6.50. The molecule has 0 saturated carbocycles. The van der Waals surface area contributed by atoms with Crippen molar-refractivity contribution in [2.45, 2.75) is 46.1 Å². The second-order valence-electron chi connectivity index (χ2n) is 8.74. The van der Waals surface area contributed by atoms with E-state index in [9.17, 15) is 4.79 Å². The highest BCUT2D eigenvalue weighted by Gasteiger charge is 2.26. The van der Waals surface area contributed by atoms with Crippen molar-refractivity contribution in [1.29, 1.82) is 0 Å². The molecule has 0 saturated heterocycles. The van der Waals surface area contributed by atoms with E-state index in [2.05, 4.69) is 11.5 Å². The van der Waals surface area contributed by atoms with Gasteiger partial charge in [0.15, 0.2) is 23.0 Å². The molecular formula is C27H30N2O5. The smallest absolute Gasteiger partial charge is 0.251 e. The Balaban J connectivity index is 1.63. The fraction of sp³-hybridized carbons (Fsp3) is 0.370. The minimum atomic E-state index is -0.427. The monoisotopic (exact) mass is 462 g/mol. The molecule has 0 bridgehead atoms. The zero-order valence-electron chi connectivity index (χ0n) is 19.7. The lowest BCUT2D eigenvalue weighted by molar-refractivity contribution is 0.1000. The van der Waals surface area contributed by atoms with E-state index >= 15 is 0 Å². The molecule has 7 nitrogen and oxygen atoms in total. The van der Waals surface area contributed by atoms with E-state index in [0.29, 0.717) is 31.1 Å². The molecule has 2 N–H and O–H groups in total. The Hall–Kier alpha value is -3.61. The summed E-state index contributed by atoms with van der Waals surface area (Å²) in [5, 5.41) is 0. The predicted molar refractivity (Wildman–Crippen MR) is 129 cm³/mol. The van der Waals surface area contributed by atoms with Gasteiger partial charge in [0, 0.05) is 23.5 Å². The molecule has 2 aliphatic rings. The Bertz CT molecular complexity index is 1230. The molecule has 2 aliphatic heterocycles. The quantitative estimate of drug-likeness (QED) is 0.484. The molecule has 0 fully saturated rings. The van der Waals surface area contributed by atoms with E-state index in [1.807, 2.05) is 43.3 Å². The molecule has 0 spiro atoms. The number of fused-ring (bicyclic) bond motifs is 2. The van der Waals surface area contributed by atoms with E-state index in [1.165, 1.54) is 0 Å². The van der Waals surface area contributed by atoms with Crippen LogP contribution in [0.1, 0.15) is 53.5 Å². The number of hydrogen-bond donors (Lipinski definition) is 1. The van der Waals surface area contributed by atoms with Crippen molar-refractivity contribution in [3.05, 3.63) is 58.9 Å². The van der Waals surface area contributed by atoms with Crippen LogP contribution in [-0.4, -0.2) is 30.5 Å². The molecule has 7 heteroatoms. The van der Waals surface area contributed by atoms with Gasteiger partial charge in [-0.25, -0.2) is 0 Å². The van der Waals surface area contributed by atoms with Crippen LogP contribution in [0.4, 0.5) is 0 Å². The first kappa shape index (κ1) is 22.2. The number of unbranched alkanes of at least 4 members (excludes halogenated alkanes) is 2. The van der Waals surface area contributed by atoms with Gasteiger partial charge in [-0.1, -0.05) is 31.9 Å². The number of benzene rings is 2. The van der Waals surface area contributed by atoms with Crippen molar-refractivity contribution in [1.82, 2.24) is 4.57 Å². The molecule has 0 aliphatic carbocycles. The topological polar surface area (TPSA) is 84.9 Å². The molecule has 0 radical (unpaired) electrons. The average Bonchev–Trinajstić information content (AvgIpc) is 3.41. The third-order valence-electron chi connectivity index (χ3n) is 6.50. The summed E-state index contributed by atoms with van der Waals surface area (Å²) in [6, 6.07) is 11.8. The van der Waals surface area contributed by atoms with Gasteiger partial charge in [-0.05, 0) is 55.2 Å². The molecule has 0 unspecified atom stereocenters. The Morgan fingerprint density at radius 1 is 0.941 bits per heavy atom. The molecular weight excluding hydrogens is 432 g/mol. The zero-order valence-corrected chi connectivity index (χ0v) is 19.7. The van der Waals surface area contributed by atoms with Gasteiger partial charge < -0.3 is 29.2 Å². The fourth-order valence-corrected chi connectivity index (χ4v) is 4.85. The zero-order chi connectivity index (χ0) is 23.7. The van der Waals surface area contributed by atoms with Crippen molar-refractivity contribution < 1.29 is 23.7 Å². The number of primary amides is 1. The number of hydrogen-bond acceptors (Lipinski definition) is 5. The van der Waals surface area contributed by atoms with Crippen molar-refractivity contribution in [2.75, 3.05) is 20.0 Å². The summed E-state index contributed by atoms with van der Waals surface area (Å²) in [7, 11) is 0. The molecule has 178 valence electrons. The lowest BCUT2D eigenvalue weighted by Crippen LogP contribution is -2.15. The number of carbonyl (C=O) groups excluding carboxylic acids is 1. The number of carbonyl (C=O) groups is 1. The van der Waals surface area contributed by atoms with Crippen LogP contribution in [0.3, 0.4) is 0 Å². The summed E-state index contributed by atoms with van der Waals surface area (Å²) in [6.07, 6.45) is 4.09. The van der Waals surface area contributed by atoms with Crippen LogP contribution in [-0.2, 0) is 13.0 Å². The molecule has 34 heavy (non-hydrogen) atoms. The number of aromatic nitrogens is 1. The first-order valence-electron chi connectivity index (χ1n) is 11.9. The minimum absolute atomic E-state index is 0.240. The second kappa shape index (κ2) is 9.33. The molecule has 1 amide bonds. The number of ether oxygens (including phenoxy) is 4. The second-order valence-corrected chi connectivity index (χ2v) is 8.74. The normalized spacial score (nSPS) is 13.8.